The van der Waals surface area contributed by atoms with Gasteiger partial charge < -0.3 is 5.32 Å². The van der Waals surface area contributed by atoms with Crippen LogP contribution in [0.3, 0.4) is 0 Å². The Morgan fingerprint density at radius 3 is 2.60 bits per heavy atom. The van der Waals surface area contributed by atoms with Gasteiger partial charge in [-0.1, -0.05) is 17.7 Å². The first-order valence-corrected chi connectivity index (χ1v) is 4.77. The number of aryl methyl sites for hydroxylation is 2. The number of hydrogen-bond donors (Lipinski definition) is 1. The molecule has 0 amide bonds. The van der Waals surface area contributed by atoms with Crippen LogP contribution in [-0.4, -0.2) is 20.2 Å². The van der Waals surface area contributed by atoms with Gasteiger partial charge in [0.25, 0.3) is 0 Å². The van der Waals surface area contributed by atoms with Crippen LogP contribution >= 0.6 is 0 Å². The third-order valence-electron chi connectivity index (χ3n) is 2.05. The molecule has 15 heavy (non-hydrogen) atoms. The SMILES string of the molecule is Cc1ccc(NCc2nnn(C)n2)cc1. The Balaban J connectivity index is 1.96. The second kappa shape index (κ2) is 4.08. The van der Waals surface area contributed by atoms with E-state index in [9.17, 15) is 0 Å². The van der Waals surface area contributed by atoms with Crippen LogP contribution in [0.5, 0.6) is 0 Å². The van der Waals surface area contributed by atoms with Gasteiger partial charge in [0.05, 0.1) is 13.6 Å². The smallest absolute Gasteiger partial charge is 0.193 e. The summed E-state index contributed by atoms with van der Waals surface area (Å²) in [6.45, 7) is 2.66. The Bertz CT molecular complexity index is 431. The van der Waals surface area contributed by atoms with Crippen molar-refractivity contribution in [1.82, 2.24) is 20.2 Å². The fourth-order valence-corrected chi connectivity index (χ4v) is 1.25. The first kappa shape index (κ1) is 9.64. The van der Waals surface area contributed by atoms with Gasteiger partial charge in [-0.3, -0.25) is 0 Å². The van der Waals surface area contributed by atoms with Crippen molar-refractivity contribution in [2.45, 2.75) is 13.5 Å². The quantitative estimate of drug-likeness (QED) is 0.812. The second-order valence-electron chi connectivity index (χ2n) is 3.41. The average Bonchev–Trinajstić information content (AvgIpc) is 2.64. The summed E-state index contributed by atoms with van der Waals surface area (Å²) in [6.07, 6.45) is 0. The van der Waals surface area contributed by atoms with E-state index in [4.69, 9.17) is 0 Å². The lowest BCUT2D eigenvalue weighted by Gasteiger charge is -2.02. The zero-order valence-electron chi connectivity index (χ0n) is 8.81. The van der Waals surface area contributed by atoms with E-state index in [0.717, 1.165) is 5.69 Å². The summed E-state index contributed by atoms with van der Waals surface area (Å²) in [7, 11) is 1.75. The van der Waals surface area contributed by atoms with Crippen LogP contribution in [0.25, 0.3) is 0 Å². The van der Waals surface area contributed by atoms with Crippen LogP contribution in [0.4, 0.5) is 5.69 Å². The number of nitrogens with zero attached hydrogens (tertiary/aromatic N) is 4. The maximum Gasteiger partial charge on any atom is 0.193 e. The average molecular weight is 203 g/mol. The molecule has 0 spiro atoms. The highest BCUT2D eigenvalue weighted by Crippen LogP contribution is 2.08. The van der Waals surface area contributed by atoms with Crippen LogP contribution in [-0.2, 0) is 13.6 Å². The Morgan fingerprint density at radius 1 is 1.27 bits per heavy atom. The molecular weight excluding hydrogens is 190 g/mol. The van der Waals surface area contributed by atoms with Gasteiger partial charge >= 0.3 is 0 Å². The van der Waals surface area contributed by atoms with Gasteiger partial charge in [0, 0.05) is 5.69 Å². The van der Waals surface area contributed by atoms with Crippen molar-refractivity contribution < 1.29 is 0 Å². The van der Waals surface area contributed by atoms with E-state index in [1.54, 1.807) is 7.05 Å². The molecule has 0 aliphatic heterocycles. The zero-order chi connectivity index (χ0) is 10.7. The first-order chi connectivity index (χ1) is 7.24. The number of anilines is 1. The number of aromatic nitrogens is 4. The summed E-state index contributed by atoms with van der Waals surface area (Å²) >= 11 is 0. The van der Waals surface area contributed by atoms with Crippen molar-refractivity contribution in [3.05, 3.63) is 35.7 Å². The largest absolute Gasteiger partial charge is 0.378 e. The van der Waals surface area contributed by atoms with Crippen LogP contribution < -0.4 is 5.32 Å². The molecule has 5 nitrogen and oxygen atoms in total. The van der Waals surface area contributed by atoms with Gasteiger partial charge in [-0.15, -0.1) is 10.2 Å². The number of rotatable bonds is 3. The van der Waals surface area contributed by atoms with Crippen LogP contribution in [0, 0.1) is 6.92 Å². The van der Waals surface area contributed by atoms with Crippen LogP contribution in [0.1, 0.15) is 11.4 Å². The number of tetrazole rings is 1. The molecule has 0 aliphatic rings. The fraction of sp³-hybridized carbons (Fsp3) is 0.300. The zero-order valence-corrected chi connectivity index (χ0v) is 8.81. The van der Waals surface area contributed by atoms with Crippen molar-refractivity contribution in [3.63, 3.8) is 0 Å². The highest BCUT2D eigenvalue weighted by atomic mass is 15.6. The van der Waals surface area contributed by atoms with Gasteiger partial charge in [-0.05, 0) is 24.3 Å². The lowest BCUT2D eigenvalue weighted by Crippen LogP contribution is -2.02. The summed E-state index contributed by atoms with van der Waals surface area (Å²) < 4.78 is 0. The predicted molar refractivity (Wildman–Crippen MR) is 57.3 cm³/mol. The minimum absolute atomic E-state index is 0.594. The van der Waals surface area contributed by atoms with Crippen LogP contribution in [0.2, 0.25) is 0 Å². The van der Waals surface area contributed by atoms with E-state index in [0.29, 0.717) is 12.4 Å². The summed E-state index contributed by atoms with van der Waals surface area (Å²) in [6, 6.07) is 8.19. The minimum Gasteiger partial charge on any atom is -0.378 e. The molecule has 0 fully saturated rings. The minimum atomic E-state index is 0.594. The molecule has 0 bridgehead atoms. The van der Waals surface area contributed by atoms with Gasteiger partial charge in [-0.25, -0.2) is 0 Å². The van der Waals surface area contributed by atoms with Gasteiger partial charge in [0.2, 0.25) is 0 Å². The standard InChI is InChI=1S/C10H13N5/c1-8-3-5-9(6-4-8)11-7-10-12-14-15(2)13-10/h3-6,11H,7H2,1-2H3. The molecule has 0 atom stereocenters. The Hall–Kier alpha value is -1.91. The molecule has 0 radical (unpaired) electrons. The predicted octanol–water partition coefficient (Wildman–Crippen LogP) is 1.13. The number of nitrogens with one attached hydrogen (secondary N) is 1. The van der Waals surface area contributed by atoms with Gasteiger partial charge in [0.1, 0.15) is 0 Å². The van der Waals surface area contributed by atoms with Crippen molar-refractivity contribution in [2.24, 2.45) is 7.05 Å². The van der Waals surface area contributed by atoms with Crippen molar-refractivity contribution in [1.29, 1.82) is 0 Å². The van der Waals surface area contributed by atoms with Crippen molar-refractivity contribution in [2.75, 3.05) is 5.32 Å². The molecule has 1 N–H and O–H groups in total. The molecule has 0 unspecified atom stereocenters. The molecule has 78 valence electrons. The molecule has 1 aromatic carbocycles. The van der Waals surface area contributed by atoms with E-state index >= 15 is 0 Å². The molecular formula is C10H13N5. The third kappa shape index (κ3) is 2.52. The second-order valence-corrected chi connectivity index (χ2v) is 3.41. The number of hydrogen-bond acceptors (Lipinski definition) is 4. The first-order valence-electron chi connectivity index (χ1n) is 4.77. The van der Waals surface area contributed by atoms with E-state index in [2.05, 4.69) is 39.8 Å². The molecule has 5 heteroatoms. The Morgan fingerprint density at radius 2 is 2.00 bits per heavy atom. The number of benzene rings is 1. The summed E-state index contributed by atoms with van der Waals surface area (Å²) in [5.41, 5.74) is 2.31. The molecule has 0 saturated heterocycles. The highest BCUT2D eigenvalue weighted by molar-refractivity contribution is 5.44. The lowest BCUT2D eigenvalue weighted by atomic mass is 10.2. The fourth-order valence-electron chi connectivity index (χ4n) is 1.25. The molecule has 0 aliphatic carbocycles. The molecule has 2 aromatic rings. The molecule has 1 aromatic heterocycles. The lowest BCUT2D eigenvalue weighted by molar-refractivity contribution is 0.628. The summed E-state index contributed by atoms with van der Waals surface area (Å²) in [5, 5.41) is 14.9. The summed E-state index contributed by atoms with van der Waals surface area (Å²) in [5.74, 6) is 0.693. The van der Waals surface area contributed by atoms with E-state index < -0.39 is 0 Å². The Labute approximate surface area is 88.1 Å². The molecule has 1 heterocycles. The van der Waals surface area contributed by atoms with Crippen molar-refractivity contribution in [3.8, 4) is 0 Å². The highest BCUT2D eigenvalue weighted by Gasteiger charge is 1.99. The normalized spacial score (nSPS) is 10.3. The maximum atomic E-state index is 4.08. The van der Waals surface area contributed by atoms with Gasteiger partial charge in [-0.2, -0.15) is 4.80 Å². The van der Waals surface area contributed by atoms with Crippen molar-refractivity contribution >= 4 is 5.69 Å². The molecule has 2 rings (SSSR count). The van der Waals surface area contributed by atoms with E-state index in [1.165, 1.54) is 10.4 Å². The van der Waals surface area contributed by atoms with E-state index in [-0.39, 0.29) is 0 Å². The maximum absolute atomic E-state index is 4.08. The third-order valence-corrected chi connectivity index (χ3v) is 2.05. The Kier molecular flexibility index (Phi) is 2.62. The topological polar surface area (TPSA) is 55.6 Å². The van der Waals surface area contributed by atoms with E-state index in [1.807, 2.05) is 12.1 Å². The summed E-state index contributed by atoms with van der Waals surface area (Å²) in [4.78, 5) is 1.45. The van der Waals surface area contributed by atoms with Crippen LogP contribution in [0.15, 0.2) is 24.3 Å². The monoisotopic (exact) mass is 203 g/mol. The van der Waals surface area contributed by atoms with Gasteiger partial charge in [0.15, 0.2) is 5.82 Å². The molecule has 0 saturated carbocycles.